The smallest absolute Gasteiger partial charge is 0.201 e. The molecule has 4 rings (SSSR count). The number of hydrogen-bond donors (Lipinski definition) is 1. The molecule has 4 nitrogen and oxygen atoms in total. The molecular formula is C23H21ClN2O2. The van der Waals surface area contributed by atoms with Gasteiger partial charge in [-0.3, -0.25) is 4.79 Å². The highest BCUT2D eigenvalue weighted by Gasteiger charge is 2.19. The van der Waals surface area contributed by atoms with Crippen LogP contribution >= 0.6 is 11.6 Å². The quantitative estimate of drug-likeness (QED) is 0.302. The number of aromatic amines is 1. The Kier molecular flexibility index (Phi) is 5.31. The first kappa shape index (κ1) is 18.5. The van der Waals surface area contributed by atoms with Crippen LogP contribution in [0.1, 0.15) is 42.1 Å². The summed E-state index contributed by atoms with van der Waals surface area (Å²) in [6.07, 6.45) is 3.22. The van der Waals surface area contributed by atoms with Crippen molar-refractivity contribution in [1.82, 2.24) is 9.97 Å². The second-order valence-corrected chi connectivity index (χ2v) is 7.13. The van der Waals surface area contributed by atoms with Crippen molar-refractivity contribution in [2.75, 3.05) is 6.61 Å². The first-order valence-electron chi connectivity index (χ1n) is 9.52. The molecule has 1 aromatic heterocycles. The Bertz CT molecular complexity index is 1140. The molecular weight excluding hydrogens is 372 g/mol. The van der Waals surface area contributed by atoms with Gasteiger partial charge in [-0.2, -0.15) is 0 Å². The lowest BCUT2D eigenvalue weighted by atomic mass is 9.96. The largest absolute Gasteiger partial charge is 0.491 e. The van der Waals surface area contributed by atoms with Gasteiger partial charge in [0.15, 0.2) is 5.78 Å². The molecule has 4 aromatic rings. The van der Waals surface area contributed by atoms with Crippen LogP contribution < -0.4 is 4.74 Å². The number of halogens is 1. The van der Waals surface area contributed by atoms with Crippen LogP contribution in [-0.4, -0.2) is 22.4 Å². The van der Waals surface area contributed by atoms with Crippen molar-refractivity contribution in [2.45, 2.75) is 26.2 Å². The van der Waals surface area contributed by atoms with Gasteiger partial charge in [-0.15, -0.1) is 0 Å². The molecule has 1 N–H and O–H groups in total. The molecule has 142 valence electrons. The third kappa shape index (κ3) is 3.48. The SMILES string of the molecule is CCCCCOc1ccc(C(=O)c2cccc3ccccc23)c2[nH]c(Cl)nc12. The van der Waals surface area contributed by atoms with Crippen LogP contribution in [0.4, 0.5) is 0 Å². The Morgan fingerprint density at radius 2 is 1.86 bits per heavy atom. The summed E-state index contributed by atoms with van der Waals surface area (Å²) >= 11 is 6.12. The lowest BCUT2D eigenvalue weighted by molar-refractivity contribution is 0.104. The van der Waals surface area contributed by atoms with Crippen molar-refractivity contribution in [3.05, 3.63) is 71.0 Å². The van der Waals surface area contributed by atoms with E-state index in [0.29, 0.717) is 34.5 Å². The Morgan fingerprint density at radius 1 is 1.04 bits per heavy atom. The fourth-order valence-electron chi connectivity index (χ4n) is 3.45. The van der Waals surface area contributed by atoms with E-state index in [2.05, 4.69) is 16.9 Å². The molecule has 0 aliphatic heterocycles. The van der Waals surface area contributed by atoms with E-state index >= 15 is 0 Å². The molecule has 0 aliphatic rings. The van der Waals surface area contributed by atoms with Gasteiger partial charge in [0.2, 0.25) is 5.28 Å². The van der Waals surface area contributed by atoms with Crippen molar-refractivity contribution < 1.29 is 9.53 Å². The van der Waals surface area contributed by atoms with Crippen LogP contribution in [0.3, 0.4) is 0 Å². The number of nitrogens with zero attached hydrogens (tertiary/aromatic N) is 1. The maximum absolute atomic E-state index is 13.4. The van der Waals surface area contributed by atoms with E-state index in [4.69, 9.17) is 16.3 Å². The standard InChI is InChI=1S/C23H21ClN2O2/c1-2-3-6-14-28-19-13-12-18(20-21(19)26-23(24)25-20)22(27)17-11-7-9-15-8-4-5-10-16(15)17/h4-5,7-13H,2-3,6,14H2,1H3,(H,25,26). The minimum absolute atomic E-state index is 0.0698. The summed E-state index contributed by atoms with van der Waals surface area (Å²) in [5.74, 6) is 0.573. The van der Waals surface area contributed by atoms with Crippen molar-refractivity contribution >= 4 is 39.2 Å². The normalized spacial score (nSPS) is 11.2. The zero-order chi connectivity index (χ0) is 19.5. The monoisotopic (exact) mass is 392 g/mol. The third-order valence-corrected chi connectivity index (χ3v) is 5.04. The average molecular weight is 393 g/mol. The lowest BCUT2D eigenvalue weighted by Crippen LogP contribution is -2.04. The van der Waals surface area contributed by atoms with E-state index in [1.165, 1.54) is 0 Å². The molecule has 0 radical (unpaired) electrons. The van der Waals surface area contributed by atoms with Crippen LogP contribution in [0.2, 0.25) is 5.28 Å². The number of imidazole rings is 1. The van der Waals surface area contributed by atoms with Crippen molar-refractivity contribution in [3.8, 4) is 5.75 Å². The number of aromatic nitrogens is 2. The van der Waals surface area contributed by atoms with Gasteiger partial charge in [-0.1, -0.05) is 62.2 Å². The van der Waals surface area contributed by atoms with Crippen LogP contribution in [0.15, 0.2) is 54.6 Å². The minimum Gasteiger partial charge on any atom is -0.491 e. The summed E-state index contributed by atoms with van der Waals surface area (Å²) < 4.78 is 5.89. The molecule has 28 heavy (non-hydrogen) atoms. The Labute approximate surface area is 168 Å². The predicted molar refractivity (Wildman–Crippen MR) is 114 cm³/mol. The summed E-state index contributed by atoms with van der Waals surface area (Å²) in [4.78, 5) is 20.7. The highest BCUT2D eigenvalue weighted by molar-refractivity contribution is 6.29. The summed E-state index contributed by atoms with van der Waals surface area (Å²) in [7, 11) is 0. The van der Waals surface area contributed by atoms with Crippen LogP contribution in [0.25, 0.3) is 21.8 Å². The van der Waals surface area contributed by atoms with Gasteiger partial charge in [0.1, 0.15) is 11.3 Å². The van der Waals surface area contributed by atoms with Gasteiger partial charge in [-0.25, -0.2) is 4.98 Å². The van der Waals surface area contributed by atoms with E-state index in [-0.39, 0.29) is 11.1 Å². The topological polar surface area (TPSA) is 55.0 Å². The Hall–Kier alpha value is -2.85. The van der Waals surface area contributed by atoms with E-state index < -0.39 is 0 Å². The maximum atomic E-state index is 13.4. The minimum atomic E-state index is -0.0698. The maximum Gasteiger partial charge on any atom is 0.201 e. The number of nitrogens with one attached hydrogen (secondary N) is 1. The van der Waals surface area contributed by atoms with Crippen molar-refractivity contribution in [2.24, 2.45) is 0 Å². The van der Waals surface area contributed by atoms with Gasteiger partial charge < -0.3 is 9.72 Å². The van der Waals surface area contributed by atoms with Crippen LogP contribution in [-0.2, 0) is 0 Å². The molecule has 0 atom stereocenters. The Balaban J connectivity index is 1.75. The summed E-state index contributed by atoms with van der Waals surface area (Å²) in [6, 6.07) is 17.2. The molecule has 0 bridgehead atoms. The number of ether oxygens (including phenoxy) is 1. The summed E-state index contributed by atoms with van der Waals surface area (Å²) in [5, 5.41) is 2.20. The first-order chi connectivity index (χ1) is 13.7. The molecule has 0 amide bonds. The number of hydrogen-bond acceptors (Lipinski definition) is 3. The molecule has 0 fully saturated rings. The fraction of sp³-hybridized carbons (Fsp3) is 0.217. The molecule has 0 saturated carbocycles. The van der Waals surface area contributed by atoms with E-state index in [1.807, 2.05) is 48.5 Å². The molecule has 3 aromatic carbocycles. The number of unbranched alkanes of at least 4 members (excludes halogenated alkanes) is 2. The first-order valence-corrected chi connectivity index (χ1v) is 9.90. The van der Waals surface area contributed by atoms with E-state index in [0.717, 1.165) is 30.0 Å². The lowest BCUT2D eigenvalue weighted by Gasteiger charge is -2.10. The third-order valence-electron chi connectivity index (χ3n) is 4.86. The number of rotatable bonds is 7. The molecule has 1 heterocycles. The predicted octanol–water partition coefficient (Wildman–Crippen LogP) is 6.17. The number of benzene rings is 3. The van der Waals surface area contributed by atoms with Gasteiger partial charge in [-0.05, 0) is 40.9 Å². The molecule has 0 spiro atoms. The van der Waals surface area contributed by atoms with Crippen LogP contribution in [0.5, 0.6) is 5.75 Å². The zero-order valence-corrected chi connectivity index (χ0v) is 16.4. The highest BCUT2D eigenvalue weighted by atomic mass is 35.5. The fourth-order valence-corrected chi connectivity index (χ4v) is 3.63. The van der Waals surface area contributed by atoms with Crippen LogP contribution in [0, 0.1) is 0 Å². The molecule has 0 unspecified atom stereocenters. The highest BCUT2D eigenvalue weighted by Crippen LogP contribution is 2.31. The second-order valence-electron chi connectivity index (χ2n) is 6.77. The number of ketones is 1. The molecule has 0 aliphatic carbocycles. The zero-order valence-electron chi connectivity index (χ0n) is 15.7. The number of carbonyl (C=O) groups is 1. The van der Waals surface area contributed by atoms with E-state index in [9.17, 15) is 4.79 Å². The number of H-pyrrole nitrogens is 1. The van der Waals surface area contributed by atoms with E-state index in [1.54, 1.807) is 6.07 Å². The summed E-state index contributed by atoms with van der Waals surface area (Å²) in [6.45, 7) is 2.77. The molecule has 0 saturated heterocycles. The van der Waals surface area contributed by atoms with Gasteiger partial charge in [0.05, 0.1) is 12.1 Å². The molecule has 5 heteroatoms. The van der Waals surface area contributed by atoms with Crippen molar-refractivity contribution in [3.63, 3.8) is 0 Å². The van der Waals surface area contributed by atoms with Gasteiger partial charge in [0, 0.05) is 11.1 Å². The second kappa shape index (κ2) is 8.03. The van der Waals surface area contributed by atoms with Gasteiger partial charge in [0.25, 0.3) is 0 Å². The Morgan fingerprint density at radius 3 is 2.71 bits per heavy atom. The number of carbonyl (C=O) groups excluding carboxylic acids is 1. The number of fused-ring (bicyclic) bond motifs is 2. The average Bonchev–Trinajstić information content (AvgIpc) is 3.12. The van der Waals surface area contributed by atoms with Crippen molar-refractivity contribution in [1.29, 1.82) is 0 Å². The van der Waals surface area contributed by atoms with Gasteiger partial charge >= 0.3 is 0 Å². The summed E-state index contributed by atoms with van der Waals surface area (Å²) in [5.41, 5.74) is 2.39.